The van der Waals surface area contributed by atoms with Gasteiger partial charge in [-0.25, -0.2) is 0 Å². The molecule has 0 aliphatic carbocycles. The molecule has 0 radical (unpaired) electrons. The van der Waals surface area contributed by atoms with E-state index >= 15 is 0 Å². The SMILES string of the molecule is SCCCSCSCS. The van der Waals surface area contributed by atoms with Crippen LogP contribution in [0.1, 0.15) is 6.42 Å². The zero-order valence-corrected chi connectivity index (χ0v) is 8.67. The van der Waals surface area contributed by atoms with Crippen LogP contribution in [0.3, 0.4) is 0 Å². The van der Waals surface area contributed by atoms with Crippen LogP contribution in [0.25, 0.3) is 0 Å². The van der Waals surface area contributed by atoms with Crippen molar-refractivity contribution in [3.8, 4) is 0 Å². The maximum absolute atomic E-state index is 4.11. The first-order valence-electron chi connectivity index (χ1n) is 2.79. The molecule has 0 N–H and O–H groups in total. The minimum Gasteiger partial charge on any atom is -0.179 e. The van der Waals surface area contributed by atoms with Crippen molar-refractivity contribution < 1.29 is 0 Å². The summed E-state index contributed by atoms with van der Waals surface area (Å²) in [6.07, 6.45) is 1.22. The summed E-state index contributed by atoms with van der Waals surface area (Å²) in [5, 5.41) is 2.12. The largest absolute Gasteiger partial charge is 0.179 e. The van der Waals surface area contributed by atoms with Crippen molar-refractivity contribution in [1.82, 2.24) is 0 Å². The predicted octanol–water partition coefficient (Wildman–Crippen LogP) is 2.62. The fourth-order valence-electron chi connectivity index (χ4n) is 0.322. The Bertz CT molecular complexity index is 42.2. The molecule has 0 spiro atoms. The van der Waals surface area contributed by atoms with Gasteiger partial charge in [0.25, 0.3) is 0 Å². The first-order chi connectivity index (χ1) is 4.41. The molecule has 0 bridgehead atoms. The molecular weight excluding hydrogens is 188 g/mol. The van der Waals surface area contributed by atoms with Crippen LogP contribution in [0.15, 0.2) is 0 Å². The quantitative estimate of drug-likeness (QED) is 0.384. The molecule has 0 atom stereocenters. The molecule has 0 aromatic carbocycles. The van der Waals surface area contributed by atoms with Crippen molar-refractivity contribution in [2.24, 2.45) is 0 Å². The first-order valence-corrected chi connectivity index (χ1v) is 6.36. The zero-order chi connectivity index (χ0) is 6.95. The van der Waals surface area contributed by atoms with E-state index in [0.717, 1.165) is 10.8 Å². The molecule has 0 saturated heterocycles. The molecule has 0 fully saturated rings. The third kappa shape index (κ3) is 9.40. The first kappa shape index (κ1) is 10.4. The highest BCUT2D eigenvalue weighted by Gasteiger charge is 1.86. The Morgan fingerprint density at radius 3 is 2.44 bits per heavy atom. The average Bonchev–Trinajstić information content (AvgIpc) is 1.89. The van der Waals surface area contributed by atoms with Gasteiger partial charge in [0.2, 0.25) is 0 Å². The summed E-state index contributed by atoms with van der Waals surface area (Å²) in [5.41, 5.74) is 0. The van der Waals surface area contributed by atoms with E-state index in [-0.39, 0.29) is 0 Å². The summed E-state index contributed by atoms with van der Waals surface area (Å²) >= 11 is 12.0. The molecule has 0 rings (SSSR count). The molecule has 0 aromatic heterocycles. The monoisotopic (exact) mass is 200 g/mol. The van der Waals surface area contributed by atoms with E-state index < -0.39 is 0 Å². The van der Waals surface area contributed by atoms with Gasteiger partial charge >= 0.3 is 0 Å². The van der Waals surface area contributed by atoms with E-state index in [1.54, 1.807) is 0 Å². The van der Waals surface area contributed by atoms with Gasteiger partial charge in [0.1, 0.15) is 0 Å². The van der Waals surface area contributed by atoms with Gasteiger partial charge in [-0.3, -0.25) is 0 Å². The minimum absolute atomic E-state index is 0.938. The van der Waals surface area contributed by atoms with Crippen molar-refractivity contribution in [2.45, 2.75) is 6.42 Å². The molecule has 0 heterocycles. The van der Waals surface area contributed by atoms with E-state index in [2.05, 4.69) is 25.3 Å². The number of hydrogen-bond donors (Lipinski definition) is 2. The number of thioether (sulfide) groups is 2. The van der Waals surface area contributed by atoms with Crippen molar-refractivity contribution >= 4 is 48.8 Å². The van der Waals surface area contributed by atoms with Crippen LogP contribution in [-0.4, -0.2) is 21.7 Å². The average molecular weight is 200 g/mol. The second-order valence-corrected chi connectivity index (χ2v) is 5.08. The maximum Gasteiger partial charge on any atom is 0.0400 e. The van der Waals surface area contributed by atoms with Crippen LogP contribution in [0.5, 0.6) is 0 Å². The third-order valence-electron chi connectivity index (χ3n) is 0.705. The summed E-state index contributed by atoms with van der Waals surface area (Å²) in [7, 11) is 0. The molecule has 56 valence electrons. The minimum atomic E-state index is 0.938. The van der Waals surface area contributed by atoms with Crippen molar-refractivity contribution in [2.75, 3.05) is 21.7 Å². The van der Waals surface area contributed by atoms with E-state index in [4.69, 9.17) is 0 Å². The number of hydrogen-bond acceptors (Lipinski definition) is 4. The lowest BCUT2D eigenvalue weighted by Gasteiger charge is -1.95. The predicted molar refractivity (Wildman–Crippen MR) is 57.2 cm³/mol. The Morgan fingerprint density at radius 1 is 1.11 bits per heavy atom. The molecule has 0 saturated carbocycles. The summed E-state index contributed by atoms with van der Waals surface area (Å²) < 4.78 is 0. The lowest BCUT2D eigenvalue weighted by molar-refractivity contribution is 1.13. The smallest absolute Gasteiger partial charge is 0.0400 e. The van der Waals surface area contributed by atoms with Gasteiger partial charge in [-0.15, -0.1) is 11.8 Å². The summed E-state index contributed by atoms with van der Waals surface area (Å²) in [5.74, 6) is 2.25. The highest BCUT2D eigenvalue weighted by Crippen LogP contribution is 2.13. The van der Waals surface area contributed by atoms with E-state index in [1.807, 2.05) is 23.5 Å². The Hall–Kier alpha value is 1.40. The number of rotatable bonds is 6. The van der Waals surface area contributed by atoms with Gasteiger partial charge < -0.3 is 0 Å². The summed E-state index contributed by atoms with van der Waals surface area (Å²) in [4.78, 5) is 0. The second kappa shape index (κ2) is 9.40. The lowest BCUT2D eigenvalue weighted by Crippen LogP contribution is -1.80. The number of thiol groups is 2. The molecule has 0 aliphatic heterocycles. The van der Waals surface area contributed by atoms with Crippen LogP contribution < -0.4 is 0 Å². The maximum atomic E-state index is 4.11. The molecule has 4 heteroatoms. The summed E-state index contributed by atoms with van der Waals surface area (Å²) in [6.45, 7) is 0. The van der Waals surface area contributed by atoms with E-state index in [9.17, 15) is 0 Å². The van der Waals surface area contributed by atoms with Gasteiger partial charge in [-0.1, -0.05) is 0 Å². The molecule has 0 aromatic rings. The van der Waals surface area contributed by atoms with Gasteiger partial charge in [0.15, 0.2) is 0 Å². The summed E-state index contributed by atoms with van der Waals surface area (Å²) in [6, 6.07) is 0. The van der Waals surface area contributed by atoms with Crippen molar-refractivity contribution in [3.05, 3.63) is 0 Å². The molecule has 0 aliphatic rings. The van der Waals surface area contributed by atoms with Crippen LogP contribution in [0.2, 0.25) is 0 Å². The molecule has 0 unspecified atom stereocenters. The van der Waals surface area contributed by atoms with Gasteiger partial charge in [0, 0.05) is 10.2 Å². The lowest BCUT2D eigenvalue weighted by atomic mass is 10.6. The topological polar surface area (TPSA) is 0 Å². The highest BCUT2D eigenvalue weighted by atomic mass is 32.2. The van der Waals surface area contributed by atoms with Gasteiger partial charge in [0.05, 0.1) is 0 Å². The third-order valence-corrected chi connectivity index (χ3v) is 3.66. The van der Waals surface area contributed by atoms with Gasteiger partial charge in [-0.2, -0.15) is 37.0 Å². The Kier molecular flexibility index (Phi) is 10.9. The molecular formula is C5H12S4. The fourth-order valence-corrected chi connectivity index (χ4v) is 2.95. The fraction of sp³-hybridized carbons (Fsp3) is 1.00. The van der Waals surface area contributed by atoms with E-state index in [1.165, 1.54) is 17.3 Å². The highest BCUT2D eigenvalue weighted by molar-refractivity contribution is 8.19. The van der Waals surface area contributed by atoms with Crippen molar-refractivity contribution in [3.63, 3.8) is 0 Å². The molecule has 0 nitrogen and oxygen atoms in total. The van der Waals surface area contributed by atoms with Gasteiger partial charge in [-0.05, 0) is 17.9 Å². The Labute approximate surface area is 76.8 Å². The van der Waals surface area contributed by atoms with Crippen LogP contribution in [-0.2, 0) is 0 Å². The van der Waals surface area contributed by atoms with Crippen LogP contribution in [0.4, 0.5) is 0 Å². The van der Waals surface area contributed by atoms with E-state index in [0.29, 0.717) is 0 Å². The Morgan fingerprint density at radius 2 is 1.89 bits per heavy atom. The molecule has 0 amide bonds. The normalized spacial score (nSPS) is 10.0. The standard InChI is InChI=1S/C5H12S4/c6-2-1-3-8-5-9-4-7/h6-7H,1-5H2. The van der Waals surface area contributed by atoms with Crippen molar-refractivity contribution in [1.29, 1.82) is 0 Å². The second-order valence-electron chi connectivity index (χ2n) is 1.44. The Balaban J connectivity index is 2.60. The van der Waals surface area contributed by atoms with Crippen LogP contribution >= 0.6 is 48.8 Å². The van der Waals surface area contributed by atoms with Crippen LogP contribution in [0, 0.1) is 0 Å². The molecule has 9 heavy (non-hydrogen) atoms. The zero-order valence-electron chi connectivity index (χ0n) is 5.25.